The molecule has 186 valence electrons. The quantitative estimate of drug-likeness (QED) is 0.390. The molecule has 4 heterocycles. The number of ether oxygens (including phenoxy) is 1. The molecule has 1 saturated heterocycles. The summed E-state index contributed by atoms with van der Waals surface area (Å²) in [6, 6.07) is 5.85. The zero-order valence-corrected chi connectivity index (χ0v) is 20.6. The number of carbonyl (C=O) groups is 1. The van der Waals surface area contributed by atoms with Crippen LogP contribution >= 0.6 is 0 Å². The summed E-state index contributed by atoms with van der Waals surface area (Å²) in [5.74, 6) is 1.06. The van der Waals surface area contributed by atoms with Crippen molar-refractivity contribution in [3.8, 4) is 0 Å². The Hall–Kier alpha value is -4.05. The van der Waals surface area contributed by atoms with Gasteiger partial charge in [0.05, 0.1) is 18.7 Å². The first kappa shape index (κ1) is 23.7. The van der Waals surface area contributed by atoms with Crippen LogP contribution < -0.4 is 16.0 Å². The third kappa shape index (κ3) is 4.85. The highest BCUT2D eigenvalue weighted by Gasteiger charge is 2.18. The van der Waals surface area contributed by atoms with Crippen molar-refractivity contribution in [1.29, 1.82) is 0 Å². The van der Waals surface area contributed by atoms with Gasteiger partial charge in [0.15, 0.2) is 0 Å². The molecule has 0 atom stereocenters. The molecule has 1 fully saturated rings. The molecule has 1 aliphatic rings. The fourth-order valence-electron chi connectivity index (χ4n) is 4.61. The largest absolute Gasteiger partial charge is 0.383 e. The Bertz CT molecular complexity index is 1380. The summed E-state index contributed by atoms with van der Waals surface area (Å²) in [7, 11) is 1.59. The van der Waals surface area contributed by atoms with Gasteiger partial charge >= 0.3 is 0 Å². The number of aryl methyl sites for hydroxylation is 1. The van der Waals surface area contributed by atoms with E-state index in [-0.39, 0.29) is 12.5 Å². The Morgan fingerprint density at radius 3 is 2.64 bits per heavy atom. The van der Waals surface area contributed by atoms with E-state index in [1.807, 2.05) is 37.5 Å². The normalized spacial score (nSPS) is 13.4. The van der Waals surface area contributed by atoms with Crippen LogP contribution in [0.3, 0.4) is 0 Å². The van der Waals surface area contributed by atoms with Gasteiger partial charge in [-0.2, -0.15) is 5.10 Å². The topological polar surface area (TPSA) is 124 Å². The summed E-state index contributed by atoms with van der Waals surface area (Å²) in [4.78, 5) is 28.5. The number of nitrogens with one attached hydrogen (secondary N) is 1. The van der Waals surface area contributed by atoms with Gasteiger partial charge in [-0.05, 0) is 42.3 Å². The summed E-state index contributed by atoms with van der Waals surface area (Å²) in [5, 5.41) is 9.54. The first-order chi connectivity index (χ1) is 17.5. The van der Waals surface area contributed by atoms with Crippen LogP contribution in [-0.2, 0) is 24.4 Å². The van der Waals surface area contributed by atoms with E-state index in [0.717, 1.165) is 46.5 Å². The molecular weight excluding hydrogens is 456 g/mol. The first-order valence-electron chi connectivity index (χ1n) is 12.1. The number of amides is 1. The molecule has 1 amide bonds. The van der Waals surface area contributed by atoms with Crippen LogP contribution in [0.15, 0.2) is 43.0 Å². The number of aromatic nitrogens is 5. The van der Waals surface area contributed by atoms with E-state index < -0.39 is 0 Å². The highest BCUT2D eigenvalue weighted by molar-refractivity contribution is 5.96. The molecule has 1 aliphatic heterocycles. The number of benzene rings is 1. The van der Waals surface area contributed by atoms with E-state index in [1.165, 1.54) is 12.8 Å². The Kier molecular flexibility index (Phi) is 6.77. The van der Waals surface area contributed by atoms with Gasteiger partial charge in [0.1, 0.15) is 11.5 Å². The lowest BCUT2D eigenvalue weighted by Crippen LogP contribution is -2.24. The average Bonchev–Trinajstić information content (AvgIpc) is 3.55. The third-order valence-corrected chi connectivity index (χ3v) is 6.59. The Morgan fingerprint density at radius 2 is 1.89 bits per heavy atom. The molecular formula is C26H30N8O2. The number of fused-ring (bicyclic) bond motifs is 1. The number of rotatable bonds is 8. The van der Waals surface area contributed by atoms with Gasteiger partial charge in [-0.3, -0.25) is 9.48 Å². The molecule has 0 radical (unpaired) electrons. The van der Waals surface area contributed by atoms with E-state index in [9.17, 15) is 4.79 Å². The predicted octanol–water partition coefficient (Wildman–Crippen LogP) is 2.84. The van der Waals surface area contributed by atoms with Crippen molar-refractivity contribution < 1.29 is 9.53 Å². The minimum Gasteiger partial charge on any atom is -0.383 e. The second kappa shape index (κ2) is 10.3. The molecule has 1 aromatic carbocycles. The van der Waals surface area contributed by atoms with Crippen molar-refractivity contribution in [3.05, 3.63) is 70.9 Å². The van der Waals surface area contributed by atoms with Crippen molar-refractivity contribution in [2.75, 3.05) is 30.8 Å². The molecule has 0 aliphatic carbocycles. The zero-order chi connectivity index (χ0) is 25.1. The minimum absolute atomic E-state index is 0.206. The highest BCUT2D eigenvalue weighted by atomic mass is 16.5. The number of nitrogens with zero attached hydrogens (tertiary/aromatic N) is 6. The molecule has 0 spiro atoms. The molecule has 0 bridgehead atoms. The molecule has 3 N–H and O–H groups in total. The second-order valence-corrected chi connectivity index (χ2v) is 9.03. The number of hydrogen-bond acceptors (Lipinski definition) is 8. The molecule has 0 unspecified atom stereocenters. The van der Waals surface area contributed by atoms with Crippen LogP contribution in [-0.4, -0.2) is 50.8 Å². The van der Waals surface area contributed by atoms with E-state index in [1.54, 1.807) is 24.2 Å². The predicted molar refractivity (Wildman–Crippen MR) is 138 cm³/mol. The fourth-order valence-corrected chi connectivity index (χ4v) is 4.61. The van der Waals surface area contributed by atoms with Gasteiger partial charge in [0.25, 0.3) is 5.91 Å². The van der Waals surface area contributed by atoms with Crippen LogP contribution in [0.25, 0.3) is 10.8 Å². The molecule has 10 nitrogen and oxygen atoms in total. The second-order valence-electron chi connectivity index (χ2n) is 9.03. The number of methoxy groups -OCH3 is 1. The maximum atomic E-state index is 13.1. The molecule has 3 aromatic heterocycles. The van der Waals surface area contributed by atoms with E-state index in [0.29, 0.717) is 30.2 Å². The van der Waals surface area contributed by atoms with Crippen molar-refractivity contribution in [2.45, 2.75) is 39.5 Å². The number of nitrogens with two attached hydrogens (primary N) is 1. The Labute approximate surface area is 209 Å². The number of nitrogen functional groups attached to an aromatic ring is 1. The third-order valence-electron chi connectivity index (χ3n) is 6.59. The lowest BCUT2D eigenvalue weighted by Gasteiger charge is -2.14. The molecule has 5 rings (SSSR count). The van der Waals surface area contributed by atoms with Gasteiger partial charge in [-0.1, -0.05) is 12.1 Å². The lowest BCUT2D eigenvalue weighted by molar-refractivity contribution is 0.0946. The minimum atomic E-state index is -0.206. The van der Waals surface area contributed by atoms with Crippen molar-refractivity contribution >= 4 is 28.4 Å². The van der Waals surface area contributed by atoms with Crippen molar-refractivity contribution in [2.24, 2.45) is 0 Å². The van der Waals surface area contributed by atoms with E-state index in [2.05, 4.69) is 30.3 Å². The van der Waals surface area contributed by atoms with Gasteiger partial charge in [0, 0.05) is 62.5 Å². The highest BCUT2D eigenvalue weighted by Crippen LogP contribution is 2.25. The van der Waals surface area contributed by atoms with E-state index >= 15 is 0 Å². The maximum Gasteiger partial charge on any atom is 0.255 e. The van der Waals surface area contributed by atoms with Crippen molar-refractivity contribution in [1.82, 2.24) is 30.0 Å². The number of anilines is 2. The Morgan fingerprint density at radius 1 is 1.11 bits per heavy atom. The van der Waals surface area contributed by atoms with Crippen molar-refractivity contribution in [3.63, 3.8) is 0 Å². The van der Waals surface area contributed by atoms with Gasteiger partial charge in [-0.25, -0.2) is 15.0 Å². The summed E-state index contributed by atoms with van der Waals surface area (Å²) in [6.45, 7) is 5.11. The lowest BCUT2D eigenvalue weighted by atomic mass is 10.0. The first-order valence-corrected chi connectivity index (χ1v) is 12.1. The smallest absolute Gasteiger partial charge is 0.255 e. The van der Waals surface area contributed by atoms with Crippen LogP contribution in [0.4, 0.5) is 11.8 Å². The molecule has 10 heteroatoms. The van der Waals surface area contributed by atoms with Crippen LogP contribution in [0, 0.1) is 6.92 Å². The summed E-state index contributed by atoms with van der Waals surface area (Å²) in [6.07, 6.45) is 9.45. The van der Waals surface area contributed by atoms with E-state index in [4.69, 9.17) is 10.5 Å². The summed E-state index contributed by atoms with van der Waals surface area (Å²) >= 11 is 0. The number of carbonyl (C=O) groups excluding carboxylic acids is 1. The average molecular weight is 487 g/mol. The summed E-state index contributed by atoms with van der Waals surface area (Å²) < 4.78 is 7.02. The van der Waals surface area contributed by atoms with Gasteiger partial charge in [0.2, 0.25) is 5.95 Å². The van der Waals surface area contributed by atoms with Crippen LogP contribution in [0.2, 0.25) is 0 Å². The fraction of sp³-hybridized carbons (Fsp3) is 0.346. The van der Waals surface area contributed by atoms with Crippen LogP contribution in [0.1, 0.15) is 45.6 Å². The standard InChI is InChI=1S/C26H30N8O2/c1-17-19(5-6-21-20(17)7-8-28-24(21)27)13-29-25(35)22-15-34(32-23(22)16-36-2)14-18-11-30-26(31-12-18)33-9-3-4-10-33/h5-8,11-12,15H,3-4,9-10,13-14,16H2,1-2H3,(H2,27,28)(H,29,35). The maximum absolute atomic E-state index is 13.1. The SMILES string of the molecule is COCc1nn(Cc2cnc(N3CCCC3)nc2)cc1C(=O)NCc1ccc2c(N)nccc2c1C. The zero-order valence-electron chi connectivity index (χ0n) is 20.6. The number of hydrogen-bond donors (Lipinski definition) is 2. The summed E-state index contributed by atoms with van der Waals surface area (Å²) in [5.41, 5.74) is 10.1. The Balaban J connectivity index is 1.29. The number of pyridine rings is 1. The van der Waals surface area contributed by atoms with Gasteiger partial charge in [-0.15, -0.1) is 0 Å². The molecule has 36 heavy (non-hydrogen) atoms. The molecule has 0 saturated carbocycles. The van der Waals surface area contributed by atoms with Gasteiger partial charge < -0.3 is 20.7 Å². The molecule has 4 aromatic rings. The monoisotopic (exact) mass is 486 g/mol. The van der Waals surface area contributed by atoms with Crippen LogP contribution in [0.5, 0.6) is 0 Å².